The molecule has 2 heterocycles. The van der Waals surface area contributed by atoms with Gasteiger partial charge in [-0.15, -0.1) is 0 Å². The molecule has 4 rings (SSSR count). The van der Waals surface area contributed by atoms with Crippen LogP contribution in [0.5, 0.6) is 5.75 Å². The highest BCUT2D eigenvalue weighted by atomic mass is 35.5. The second-order valence-electron chi connectivity index (χ2n) is 10.5. The minimum atomic E-state index is -0.376. The lowest BCUT2D eigenvalue weighted by molar-refractivity contribution is -0.129. The van der Waals surface area contributed by atoms with Crippen molar-refractivity contribution in [3.63, 3.8) is 0 Å². The Bertz CT molecular complexity index is 1010. The molecule has 36 heavy (non-hydrogen) atoms. The number of likely N-dealkylation sites (N-methyl/N-ethyl adjacent to an activating group) is 1. The van der Waals surface area contributed by atoms with E-state index in [1.165, 1.54) is 12.5 Å². The van der Waals surface area contributed by atoms with Crippen LogP contribution in [0.4, 0.5) is 10.3 Å². The molecule has 1 amide bonds. The van der Waals surface area contributed by atoms with E-state index in [9.17, 15) is 9.18 Å². The zero-order valence-electron chi connectivity index (χ0n) is 21.6. The maximum absolute atomic E-state index is 14.6. The molecule has 1 saturated carbocycles. The van der Waals surface area contributed by atoms with Crippen LogP contribution >= 0.6 is 11.6 Å². The summed E-state index contributed by atoms with van der Waals surface area (Å²) in [6.45, 7) is 7.46. The van der Waals surface area contributed by atoms with Gasteiger partial charge in [0.2, 0.25) is 11.9 Å². The number of ether oxygens (including phenoxy) is 1. The molecule has 0 radical (unpaired) electrons. The van der Waals surface area contributed by atoms with Gasteiger partial charge in [0.1, 0.15) is 11.6 Å². The molecule has 8 heteroatoms. The van der Waals surface area contributed by atoms with Crippen LogP contribution in [0.1, 0.15) is 51.5 Å². The van der Waals surface area contributed by atoms with Crippen LogP contribution in [-0.2, 0) is 11.2 Å². The lowest BCUT2D eigenvalue weighted by Crippen LogP contribution is -2.35. The average Bonchev–Trinajstić information content (AvgIpc) is 3.65. The van der Waals surface area contributed by atoms with Gasteiger partial charge < -0.3 is 14.5 Å². The summed E-state index contributed by atoms with van der Waals surface area (Å²) in [5.41, 5.74) is 0.418. The van der Waals surface area contributed by atoms with Crippen molar-refractivity contribution in [3.05, 3.63) is 47.0 Å². The van der Waals surface area contributed by atoms with Gasteiger partial charge in [-0.3, -0.25) is 4.79 Å². The Balaban J connectivity index is 1.16. The molecule has 2 aromatic rings. The number of amides is 1. The molecule has 1 saturated heterocycles. The molecule has 0 spiro atoms. The van der Waals surface area contributed by atoms with Crippen molar-refractivity contribution < 1.29 is 13.9 Å². The summed E-state index contributed by atoms with van der Waals surface area (Å²) in [7, 11) is 1.78. The van der Waals surface area contributed by atoms with E-state index in [2.05, 4.69) is 28.7 Å². The molecule has 1 aliphatic carbocycles. The minimum Gasteiger partial charge on any atom is -0.493 e. The molecular weight excluding hydrogens is 479 g/mol. The van der Waals surface area contributed by atoms with Crippen molar-refractivity contribution in [2.24, 2.45) is 23.7 Å². The number of aromatic nitrogens is 2. The standard InChI is InChI=1S/C28H38ClFN4O2/c1-4-19(2)18-33(3)27(35)14-22-5-6-24(15-26(22)30)36-12-9-21-13-25(21)20-7-10-34(11-8-20)28-31-16-23(29)17-32-28/h5-6,15-17,19-21,25H,4,7-14,18H2,1-3H3. The highest BCUT2D eigenvalue weighted by molar-refractivity contribution is 6.30. The van der Waals surface area contributed by atoms with Gasteiger partial charge in [-0.25, -0.2) is 14.4 Å². The minimum absolute atomic E-state index is 0.0610. The Morgan fingerprint density at radius 1 is 1.28 bits per heavy atom. The summed E-state index contributed by atoms with van der Waals surface area (Å²) in [4.78, 5) is 25.0. The van der Waals surface area contributed by atoms with Gasteiger partial charge in [-0.1, -0.05) is 37.9 Å². The fourth-order valence-electron chi connectivity index (χ4n) is 5.26. The molecule has 1 aromatic carbocycles. The predicted molar refractivity (Wildman–Crippen MR) is 141 cm³/mol. The van der Waals surface area contributed by atoms with Gasteiger partial charge >= 0.3 is 0 Å². The summed E-state index contributed by atoms with van der Waals surface area (Å²) in [6, 6.07) is 4.87. The smallest absolute Gasteiger partial charge is 0.226 e. The third-order valence-corrected chi connectivity index (χ3v) is 8.04. The first kappa shape index (κ1) is 26.6. The molecule has 1 aromatic heterocycles. The van der Waals surface area contributed by atoms with Gasteiger partial charge in [-0.05, 0) is 61.0 Å². The Labute approximate surface area is 219 Å². The summed E-state index contributed by atoms with van der Waals surface area (Å²) in [6.07, 6.45) is 8.96. The molecule has 0 bridgehead atoms. The Morgan fingerprint density at radius 2 is 2.00 bits per heavy atom. The molecule has 2 fully saturated rings. The molecule has 196 valence electrons. The second kappa shape index (κ2) is 12.2. The van der Waals surface area contributed by atoms with Gasteiger partial charge in [0, 0.05) is 32.7 Å². The van der Waals surface area contributed by atoms with E-state index < -0.39 is 0 Å². The third kappa shape index (κ3) is 7.09. The molecule has 3 unspecified atom stereocenters. The SMILES string of the molecule is CCC(C)CN(C)C(=O)Cc1ccc(OCCC2CC2C2CCN(c3ncc(Cl)cn3)CC2)cc1F. The van der Waals surface area contributed by atoms with Crippen LogP contribution in [0.15, 0.2) is 30.6 Å². The quantitative estimate of drug-likeness (QED) is 0.387. The van der Waals surface area contributed by atoms with Crippen LogP contribution in [0.2, 0.25) is 5.02 Å². The first-order chi connectivity index (χ1) is 17.3. The number of halogens is 2. The van der Waals surface area contributed by atoms with E-state index in [1.807, 2.05) is 0 Å². The van der Waals surface area contributed by atoms with E-state index in [-0.39, 0.29) is 18.1 Å². The Kier molecular flexibility index (Phi) is 9.04. The summed E-state index contributed by atoms with van der Waals surface area (Å²) in [5.74, 6) is 3.49. The number of carbonyl (C=O) groups is 1. The fraction of sp³-hybridized carbons (Fsp3) is 0.607. The number of hydrogen-bond donors (Lipinski definition) is 0. The number of piperidine rings is 1. The van der Waals surface area contributed by atoms with Crippen LogP contribution in [0.25, 0.3) is 0 Å². The van der Waals surface area contributed by atoms with Crippen molar-refractivity contribution in [3.8, 4) is 5.75 Å². The molecule has 0 N–H and O–H groups in total. The van der Waals surface area contributed by atoms with Crippen molar-refractivity contribution in [1.29, 1.82) is 0 Å². The van der Waals surface area contributed by atoms with E-state index >= 15 is 0 Å². The zero-order chi connectivity index (χ0) is 25.7. The summed E-state index contributed by atoms with van der Waals surface area (Å²) in [5, 5.41) is 0.561. The summed E-state index contributed by atoms with van der Waals surface area (Å²) < 4.78 is 20.5. The van der Waals surface area contributed by atoms with Gasteiger partial charge in [0.25, 0.3) is 0 Å². The van der Waals surface area contributed by atoms with Crippen LogP contribution < -0.4 is 9.64 Å². The number of hydrogen-bond acceptors (Lipinski definition) is 5. The van der Waals surface area contributed by atoms with E-state index in [0.29, 0.717) is 41.3 Å². The van der Waals surface area contributed by atoms with E-state index in [4.69, 9.17) is 16.3 Å². The number of anilines is 1. The van der Waals surface area contributed by atoms with Gasteiger partial charge in [0.05, 0.1) is 30.4 Å². The third-order valence-electron chi connectivity index (χ3n) is 7.84. The van der Waals surface area contributed by atoms with Crippen molar-refractivity contribution in [1.82, 2.24) is 14.9 Å². The number of benzene rings is 1. The number of nitrogens with zero attached hydrogens (tertiary/aromatic N) is 4. The molecule has 1 aliphatic heterocycles. The second-order valence-corrected chi connectivity index (χ2v) is 11.0. The Morgan fingerprint density at radius 3 is 2.67 bits per heavy atom. The number of carbonyl (C=O) groups excluding carboxylic acids is 1. The normalized spacial score (nSPS) is 20.8. The highest BCUT2D eigenvalue weighted by Crippen LogP contribution is 2.49. The first-order valence-electron chi connectivity index (χ1n) is 13.2. The fourth-order valence-corrected chi connectivity index (χ4v) is 5.36. The topological polar surface area (TPSA) is 58.6 Å². The first-order valence-corrected chi connectivity index (χ1v) is 13.6. The molecular formula is C28H38ClFN4O2. The van der Waals surface area contributed by atoms with Crippen molar-refractivity contribution >= 4 is 23.5 Å². The van der Waals surface area contributed by atoms with Crippen LogP contribution in [-0.4, -0.2) is 54.1 Å². The lowest BCUT2D eigenvalue weighted by atomic mass is 9.90. The molecule has 6 nitrogen and oxygen atoms in total. The maximum Gasteiger partial charge on any atom is 0.226 e. The maximum atomic E-state index is 14.6. The van der Waals surface area contributed by atoms with Crippen LogP contribution in [0, 0.1) is 29.5 Å². The highest BCUT2D eigenvalue weighted by Gasteiger charge is 2.43. The van der Waals surface area contributed by atoms with Crippen molar-refractivity contribution in [2.75, 3.05) is 38.2 Å². The van der Waals surface area contributed by atoms with Crippen molar-refractivity contribution in [2.45, 2.75) is 52.4 Å². The largest absolute Gasteiger partial charge is 0.493 e. The monoisotopic (exact) mass is 516 g/mol. The lowest BCUT2D eigenvalue weighted by Gasteiger charge is -2.32. The predicted octanol–water partition coefficient (Wildman–Crippen LogP) is 5.64. The van der Waals surface area contributed by atoms with Gasteiger partial charge in [-0.2, -0.15) is 0 Å². The number of rotatable bonds is 11. The Hall–Kier alpha value is -2.41. The molecule has 3 atom stereocenters. The average molecular weight is 517 g/mol. The van der Waals surface area contributed by atoms with E-state index in [1.54, 1.807) is 36.5 Å². The van der Waals surface area contributed by atoms with Crippen LogP contribution in [0.3, 0.4) is 0 Å². The zero-order valence-corrected chi connectivity index (χ0v) is 22.4. The van der Waals surface area contributed by atoms with Gasteiger partial charge in [0.15, 0.2) is 0 Å². The summed E-state index contributed by atoms with van der Waals surface area (Å²) >= 11 is 5.89. The van der Waals surface area contributed by atoms with E-state index in [0.717, 1.165) is 56.6 Å². The molecule has 2 aliphatic rings.